The van der Waals surface area contributed by atoms with Crippen molar-refractivity contribution in [2.24, 2.45) is 5.92 Å². The van der Waals surface area contributed by atoms with Crippen LogP contribution in [0.25, 0.3) is 0 Å². The van der Waals surface area contributed by atoms with E-state index in [1.807, 2.05) is 0 Å². The van der Waals surface area contributed by atoms with Gasteiger partial charge in [-0.3, -0.25) is 9.78 Å². The molecule has 4 heteroatoms. The summed E-state index contributed by atoms with van der Waals surface area (Å²) in [5.41, 5.74) is 0.619. The number of nitrogens with one attached hydrogen (secondary N) is 1. The lowest BCUT2D eigenvalue weighted by Crippen LogP contribution is -2.33. The molecule has 94 valence electrons. The quantitative estimate of drug-likeness (QED) is 0.794. The number of pyridine rings is 1. The van der Waals surface area contributed by atoms with Crippen LogP contribution in [0.5, 0.6) is 0 Å². The number of halogens is 1. The summed E-state index contributed by atoms with van der Waals surface area (Å²) in [4.78, 5) is 15.6. The summed E-state index contributed by atoms with van der Waals surface area (Å²) in [6.07, 6.45) is 5.29. The Hall–Kier alpha value is -1.09. The van der Waals surface area contributed by atoms with Gasteiger partial charge in [0.05, 0.1) is 5.38 Å². The summed E-state index contributed by atoms with van der Waals surface area (Å²) < 4.78 is 0. The van der Waals surface area contributed by atoms with Crippen LogP contribution in [0.2, 0.25) is 0 Å². The summed E-state index contributed by atoms with van der Waals surface area (Å²) in [5.74, 6) is 0.360. The second kappa shape index (κ2) is 7.28. The fraction of sp³-hybridized carbons (Fsp3) is 0.538. The lowest BCUT2D eigenvalue weighted by Gasteiger charge is -2.19. The van der Waals surface area contributed by atoms with E-state index in [9.17, 15) is 4.79 Å². The standard InChI is InChI=1S/C13H19ClN2O/c1-3-10(4-2)12(14)9-16-13(17)11-5-7-15-8-6-11/h5-8,10,12H,3-4,9H2,1-2H3,(H,16,17). The Labute approximate surface area is 108 Å². The van der Waals surface area contributed by atoms with E-state index in [-0.39, 0.29) is 11.3 Å². The van der Waals surface area contributed by atoms with E-state index in [0.29, 0.717) is 18.0 Å². The molecule has 0 aromatic carbocycles. The average Bonchev–Trinajstić information content (AvgIpc) is 2.38. The fourth-order valence-corrected chi connectivity index (χ4v) is 2.20. The highest BCUT2D eigenvalue weighted by atomic mass is 35.5. The molecule has 0 aliphatic rings. The van der Waals surface area contributed by atoms with Crippen molar-refractivity contribution in [1.29, 1.82) is 0 Å². The van der Waals surface area contributed by atoms with Gasteiger partial charge in [-0.1, -0.05) is 26.7 Å². The molecule has 0 aliphatic heterocycles. The number of hydrogen-bond donors (Lipinski definition) is 1. The molecule has 0 aliphatic carbocycles. The molecule has 0 saturated heterocycles. The molecule has 1 atom stereocenters. The number of alkyl halides is 1. The van der Waals surface area contributed by atoms with Gasteiger partial charge >= 0.3 is 0 Å². The molecule has 1 aromatic heterocycles. The van der Waals surface area contributed by atoms with Crippen molar-refractivity contribution >= 4 is 17.5 Å². The molecule has 1 N–H and O–H groups in total. The molecule has 1 unspecified atom stereocenters. The summed E-state index contributed by atoms with van der Waals surface area (Å²) in [6.45, 7) is 4.75. The van der Waals surface area contributed by atoms with Crippen LogP contribution in [0.3, 0.4) is 0 Å². The predicted molar refractivity (Wildman–Crippen MR) is 70.3 cm³/mol. The third kappa shape index (κ3) is 4.35. The maximum absolute atomic E-state index is 11.8. The Morgan fingerprint density at radius 3 is 2.47 bits per heavy atom. The monoisotopic (exact) mass is 254 g/mol. The zero-order chi connectivity index (χ0) is 12.7. The fourth-order valence-electron chi connectivity index (χ4n) is 1.76. The first-order valence-electron chi connectivity index (χ1n) is 6.01. The minimum absolute atomic E-state index is 0.00390. The average molecular weight is 255 g/mol. The summed E-state index contributed by atoms with van der Waals surface area (Å²) >= 11 is 6.25. The molecule has 1 aromatic rings. The van der Waals surface area contributed by atoms with Crippen LogP contribution in [0.1, 0.15) is 37.0 Å². The summed E-state index contributed by atoms with van der Waals surface area (Å²) in [7, 11) is 0. The van der Waals surface area contributed by atoms with Crippen molar-refractivity contribution in [2.45, 2.75) is 32.1 Å². The van der Waals surface area contributed by atoms with Gasteiger partial charge in [-0.15, -0.1) is 11.6 Å². The van der Waals surface area contributed by atoms with Gasteiger partial charge in [-0.2, -0.15) is 0 Å². The molecular formula is C13H19ClN2O. The van der Waals surface area contributed by atoms with Gasteiger partial charge in [-0.25, -0.2) is 0 Å². The number of hydrogen-bond acceptors (Lipinski definition) is 2. The minimum atomic E-state index is -0.0935. The molecule has 3 nitrogen and oxygen atoms in total. The van der Waals surface area contributed by atoms with Crippen LogP contribution >= 0.6 is 11.6 Å². The molecular weight excluding hydrogens is 236 g/mol. The smallest absolute Gasteiger partial charge is 0.251 e. The number of nitrogens with zero attached hydrogens (tertiary/aromatic N) is 1. The topological polar surface area (TPSA) is 42.0 Å². The molecule has 0 radical (unpaired) electrons. The second-order valence-electron chi connectivity index (χ2n) is 4.04. The van der Waals surface area contributed by atoms with E-state index >= 15 is 0 Å². The first-order valence-corrected chi connectivity index (χ1v) is 6.45. The van der Waals surface area contributed by atoms with Crippen LogP contribution in [-0.4, -0.2) is 22.8 Å². The van der Waals surface area contributed by atoms with Crippen LogP contribution in [0.4, 0.5) is 0 Å². The van der Waals surface area contributed by atoms with Crippen LogP contribution < -0.4 is 5.32 Å². The zero-order valence-electron chi connectivity index (χ0n) is 10.3. The third-order valence-electron chi connectivity index (χ3n) is 2.96. The maximum Gasteiger partial charge on any atom is 0.251 e. The van der Waals surface area contributed by atoms with Gasteiger partial charge in [0.25, 0.3) is 5.91 Å². The highest BCUT2D eigenvalue weighted by molar-refractivity contribution is 6.21. The molecule has 1 amide bonds. The summed E-state index contributed by atoms with van der Waals surface area (Å²) in [6, 6.07) is 3.38. The van der Waals surface area contributed by atoms with Gasteiger partial charge < -0.3 is 5.32 Å². The molecule has 0 spiro atoms. The third-order valence-corrected chi connectivity index (χ3v) is 3.47. The van der Waals surface area contributed by atoms with E-state index < -0.39 is 0 Å². The van der Waals surface area contributed by atoms with E-state index in [2.05, 4.69) is 24.1 Å². The predicted octanol–water partition coefficient (Wildman–Crippen LogP) is 2.86. The first-order chi connectivity index (χ1) is 8.19. The largest absolute Gasteiger partial charge is 0.351 e. The van der Waals surface area contributed by atoms with Gasteiger partial charge in [0.2, 0.25) is 0 Å². The van der Waals surface area contributed by atoms with Gasteiger partial charge in [0, 0.05) is 24.5 Å². The van der Waals surface area contributed by atoms with E-state index in [0.717, 1.165) is 12.8 Å². The van der Waals surface area contributed by atoms with Crippen molar-refractivity contribution in [3.63, 3.8) is 0 Å². The van der Waals surface area contributed by atoms with E-state index in [1.165, 1.54) is 0 Å². The molecule has 0 fully saturated rings. The number of amides is 1. The number of carbonyl (C=O) groups is 1. The first kappa shape index (κ1) is 14.0. The van der Waals surface area contributed by atoms with Gasteiger partial charge in [0.1, 0.15) is 0 Å². The Balaban J connectivity index is 2.43. The van der Waals surface area contributed by atoms with Gasteiger partial charge in [0.15, 0.2) is 0 Å². The lowest BCUT2D eigenvalue weighted by atomic mass is 9.99. The molecule has 17 heavy (non-hydrogen) atoms. The van der Waals surface area contributed by atoms with Crippen molar-refractivity contribution in [2.75, 3.05) is 6.54 Å². The Kier molecular flexibility index (Phi) is 5.98. The number of rotatable bonds is 6. The van der Waals surface area contributed by atoms with Crippen molar-refractivity contribution in [3.8, 4) is 0 Å². The highest BCUT2D eigenvalue weighted by Crippen LogP contribution is 2.17. The zero-order valence-corrected chi connectivity index (χ0v) is 11.1. The number of carbonyl (C=O) groups excluding carboxylic acids is 1. The van der Waals surface area contributed by atoms with Crippen LogP contribution in [-0.2, 0) is 0 Å². The van der Waals surface area contributed by atoms with Crippen LogP contribution in [0, 0.1) is 5.92 Å². The Bertz CT molecular complexity index is 339. The SMILES string of the molecule is CCC(CC)C(Cl)CNC(=O)c1ccncc1. The maximum atomic E-state index is 11.8. The minimum Gasteiger partial charge on any atom is -0.351 e. The summed E-state index contributed by atoms with van der Waals surface area (Å²) in [5, 5.41) is 2.85. The molecule has 1 rings (SSSR count). The Morgan fingerprint density at radius 1 is 1.35 bits per heavy atom. The molecule has 0 bridgehead atoms. The van der Waals surface area contributed by atoms with E-state index in [4.69, 9.17) is 11.6 Å². The van der Waals surface area contributed by atoms with Crippen molar-refractivity contribution in [3.05, 3.63) is 30.1 Å². The number of aromatic nitrogens is 1. The van der Waals surface area contributed by atoms with E-state index in [1.54, 1.807) is 24.5 Å². The molecule has 0 saturated carbocycles. The normalized spacial score (nSPS) is 12.5. The van der Waals surface area contributed by atoms with Crippen molar-refractivity contribution < 1.29 is 4.79 Å². The molecule has 1 heterocycles. The van der Waals surface area contributed by atoms with Gasteiger partial charge in [-0.05, 0) is 18.1 Å². The Morgan fingerprint density at radius 2 is 1.94 bits per heavy atom. The van der Waals surface area contributed by atoms with Crippen LogP contribution in [0.15, 0.2) is 24.5 Å². The lowest BCUT2D eigenvalue weighted by molar-refractivity contribution is 0.0951. The van der Waals surface area contributed by atoms with Crippen molar-refractivity contribution in [1.82, 2.24) is 10.3 Å². The second-order valence-corrected chi connectivity index (χ2v) is 4.60. The highest BCUT2D eigenvalue weighted by Gasteiger charge is 2.16.